The summed E-state index contributed by atoms with van der Waals surface area (Å²) in [6.45, 7) is 0.494. The van der Waals surface area contributed by atoms with Crippen molar-refractivity contribution in [2.24, 2.45) is 0 Å². The standard InChI is InChI=1S/C18H14FN5/c19-16-7-4-8-17(10-16)20-11-14-9-15(13-5-2-1-3-6-13)12-24-18(14)21-22-23-24/h1-10,12,20H,11H2. The lowest BCUT2D eigenvalue weighted by Crippen LogP contribution is -2.03. The second-order valence-electron chi connectivity index (χ2n) is 5.43. The van der Waals surface area contributed by atoms with E-state index in [0.717, 1.165) is 16.7 Å². The van der Waals surface area contributed by atoms with E-state index in [9.17, 15) is 4.39 Å². The van der Waals surface area contributed by atoms with E-state index < -0.39 is 0 Å². The molecule has 2 aromatic carbocycles. The van der Waals surface area contributed by atoms with Crippen molar-refractivity contribution in [2.75, 3.05) is 5.32 Å². The van der Waals surface area contributed by atoms with Crippen LogP contribution in [0.4, 0.5) is 10.1 Å². The van der Waals surface area contributed by atoms with E-state index >= 15 is 0 Å². The highest BCUT2D eigenvalue weighted by molar-refractivity contribution is 5.66. The molecular formula is C18H14FN5. The van der Waals surface area contributed by atoms with Gasteiger partial charge in [-0.1, -0.05) is 36.4 Å². The number of anilines is 1. The fourth-order valence-corrected chi connectivity index (χ4v) is 2.63. The van der Waals surface area contributed by atoms with Crippen molar-refractivity contribution in [1.82, 2.24) is 20.0 Å². The van der Waals surface area contributed by atoms with E-state index in [1.54, 1.807) is 10.6 Å². The van der Waals surface area contributed by atoms with Gasteiger partial charge in [0, 0.05) is 29.6 Å². The number of rotatable bonds is 4. The number of benzene rings is 2. The molecule has 6 heteroatoms. The Morgan fingerprint density at radius 3 is 2.67 bits per heavy atom. The SMILES string of the molecule is Fc1cccc(NCc2cc(-c3ccccc3)cn3nnnc23)c1. The maximum absolute atomic E-state index is 13.3. The normalized spacial score (nSPS) is 10.9. The predicted octanol–water partition coefficient (Wildman–Crippen LogP) is 3.54. The van der Waals surface area contributed by atoms with Gasteiger partial charge >= 0.3 is 0 Å². The molecule has 0 unspecified atom stereocenters. The fourth-order valence-electron chi connectivity index (χ4n) is 2.63. The predicted molar refractivity (Wildman–Crippen MR) is 89.9 cm³/mol. The molecule has 0 aliphatic rings. The molecule has 0 fully saturated rings. The molecule has 0 bridgehead atoms. The fraction of sp³-hybridized carbons (Fsp3) is 0.0556. The summed E-state index contributed by atoms with van der Waals surface area (Å²) in [6.07, 6.45) is 1.90. The van der Waals surface area contributed by atoms with Crippen LogP contribution in [0.15, 0.2) is 66.9 Å². The maximum atomic E-state index is 13.3. The second-order valence-corrected chi connectivity index (χ2v) is 5.43. The Morgan fingerprint density at radius 2 is 1.83 bits per heavy atom. The van der Waals surface area contributed by atoms with Crippen molar-refractivity contribution in [3.05, 3.63) is 78.2 Å². The van der Waals surface area contributed by atoms with Crippen molar-refractivity contribution in [2.45, 2.75) is 6.54 Å². The number of hydrogen-bond donors (Lipinski definition) is 1. The van der Waals surface area contributed by atoms with Gasteiger partial charge in [0.25, 0.3) is 0 Å². The highest BCUT2D eigenvalue weighted by atomic mass is 19.1. The topological polar surface area (TPSA) is 55.1 Å². The monoisotopic (exact) mass is 319 g/mol. The van der Waals surface area contributed by atoms with E-state index in [1.165, 1.54) is 12.1 Å². The minimum absolute atomic E-state index is 0.271. The van der Waals surface area contributed by atoms with Crippen molar-refractivity contribution in [3.8, 4) is 11.1 Å². The lowest BCUT2D eigenvalue weighted by atomic mass is 10.1. The average molecular weight is 319 g/mol. The summed E-state index contributed by atoms with van der Waals surface area (Å²) in [4.78, 5) is 0. The Balaban J connectivity index is 1.70. The van der Waals surface area contributed by atoms with E-state index in [1.807, 2.05) is 48.7 Å². The minimum atomic E-state index is -0.271. The van der Waals surface area contributed by atoms with E-state index in [2.05, 4.69) is 20.8 Å². The molecule has 1 N–H and O–H groups in total. The van der Waals surface area contributed by atoms with Gasteiger partial charge in [-0.05, 0) is 40.3 Å². The number of tetrazole rings is 1. The first-order chi connectivity index (χ1) is 11.8. The molecule has 5 nitrogen and oxygen atoms in total. The second kappa shape index (κ2) is 6.08. The largest absolute Gasteiger partial charge is 0.381 e. The van der Waals surface area contributed by atoms with E-state index in [4.69, 9.17) is 0 Å². The van der Waals surface area contributed by atoms with Crippen LogP contribution in [0, 0.1) is 5.82 Å². The van der Waals surface area contributed by atoms with Crippen LogP contribution >= 0.6 is 0 Å². The van der Waals surface area contributed by atoms with Gasteiger partial charge in [0.15, 0.2) is 5.65 Å². The molecule has 0 saturated carbocycles. The number of fused-ring (bicyclic) bond motifs is 1. The summed E-state index contributed by atoms with van der Waals surface area (Å²) in [5, 5.41) is 15.0. The minimum Gasteiger partial charge on any atom is -0.381 e. The lowest BCUT2D eigenvalue weighted by Gasteiger charge is -2.09. The third-order valence-electron chi connectivity index (χ3n) is 3.79. The molecule has 118 valence electrons. The van der Waals surface area contributed by atoms with E-state index in [-0.39, 0.29) is 5.82 Å². The average Bonchev–Trinajstić information content (AvgIpc) is 3.09. The summed E-state index contributed by atoms with van der Waals surface area (Å²) >= 11 is 0. The Morgan fingerprint density at radius 1 is 0.958 bits per heavy atom. The van der Waals surface area contributed by atoms with Crippen LogP contribution in [0.25, 0.3) is 16.8 Å². The zero-order chi connectivity index (χ0) is 16.4. The Hall–Kier alpha value is -3.28. The van der Waals surface area contributed by atoms with Gasteiger partial charge in [0.05, 0.1) is 0 Å². The number of pyridine rings is 1. The zero-order valence-electron chi connectivity index (χ0n) is 12.7. The van der Waals surface area contributed by atoms with Gasteiger partial charge in [-0.15, -0.1) is 5.10 Å². The first-order valence-electron chi connectivity index (χ1n) is 7.55. The molecule has 0 radical (unpaired) electrons. The van der Waals surface area contributed by atoms with Crippen LogP contribution in [-0.2, 0) is 6.54 Å². The highest BCUT2D eigenvalue weighted by Gasteiger charge is 2.09. The lowest BCUT2D eigenvalue weighted by molar-refractivity contribution is 0.628. The highest BCUT2D eigenvalue weighted by Crippen LogP contribution is 2.22. The van der Waals surface area contributed by atoms with Crippen LogP contribution < -0.4 is 5.32 Å². The van der Waals surface area contributed by atoms with Crippen LogP contribution in [0.3, 0.4) is 0 Å². The quantitative estimate of drug-likeness (QED) is 0.625. The smallest absolute Gasteiger partial charge is 0.184 e. The van der Waals surface area contributed by atoms with Crippen LogP contribution in [0.2, 0.25) is 0 Å². The molecule has 0 aliphatic heterocycles. The third kappa shape index (κ3) is 2.81. The van der Waals surface area contributed by atoms with Gasteiger partial charge in [-0.3, -0.25) is 0 Å². The number of halogens is 1. The molecule has 0 atom stereocenters. The summed E-state index contributed by atoms with van der Waals surface area (Å²) in [7, 11) is 0. The molecule has 0 amide bonds. The molecule has 2 heterocycles. The number of hydrogen-bond acceptors (Lipinski definition) is 4. The third-order valence-corrected chi connectivity index (χ3v) is 3.79. The number of aromatic nitrogens is 4. The van der Waals surface area contributed by atoms with Gasteiger partial charge < -0.3 is 5.32 Å². The molecule has 4 aromatic rings. The van der Waals surface area contributed by atoms with Gasteiger partial charge in [0.2, 0.25) is 0 Å². The van der Waals surface area contributed by atoms with Gasteiger partial charge in [-0.25, -0.2) is 4.39 Å². The molecular weight excluding hydrogens is 305 g/mol. The van der Waals surface area contributed by atoms with Crippen LogP contribution in [0.5, 0.6) is 0 Å². The molecule has 24 heavy (non-hydrogen) atoms. The van der Waals surface area contributed by atoms with Crippen LogP contribution in [0.1, 0.15) is 5.56 Å². The van der Waals surface area contributed by atoms with Crippen molar-refractivity contribution < 1.29 is 4.39 Å². The maximum Gasteiger partial charge on any atom is 0.184 e. The molecule has 0 spiro atoms. The summed E-state index contributed by atoms with van der Waals surface area (Å²) in [6, 6.07) is 18.5. The molecule has 4 rings (SSSR count). The Kier molecular flexibility index (Phi) is 3.63. The van der Waals surface area contributed by atoms with Crippen molar-refractivity contribution in [1.29, 1.82) is 0 Å². The van der Waals surface area contributed by atoms with Crippen LogP contribution in [-0.4, -0.2) is 20.0 Å². The molecule has 0 aliphatic carbocycles. The summed E-state index contributed by atoms with van der Waals surface area (Å²) < 4.78 is 15.0. The zero-order valence-corrected chi connectivity index (χ0v) is 12.7. The summed E-state index contributed by atoms with van der Waals surface area (Å²) in [5.74, 6) is -0.271. The Labute approximate surface area is 137 Å². The van der Waals surface area contributed by atoms with E-state index in [0.29, 0.717) is 17.9 Å². The Bertz CT molecular complexity index is 981. The summed E-state index contributed by atoms with van der Waals surface area (Å²) in [5.41, 5.74) is 4.43. The first-order valence-corrected chi connectivity index (χ1v) is 7.55. The van der Waals surface area contributed by atoms with Gasteiger partial charge in [0.1, 0.15) is 5.82 Å². The first kappa shape index (κ1) is 14.3. The van der Waals surface area contributed by atoms with Crippen molar-refractivity contribution >= 4 is 11.3 Å². The number of nitrogens with zero attached hydrogens (tertiary/aromatic N) is 4. The molecule has 0 saturated heterocycles. The molecule has 2 aromatic heterocycles. The van der Waals surface area contributed by atoms with Crippen molar-refractivity contribution in [3.63, 3.8) is 0 Å². The number of nitrogens with one attached hydrogen (secondary N) is 1. The van der Waals surface area contributed by atoms with Gasteiger partial charge in [-0.2, -0.15) is 4.52 Å².